The Morgan fingerprint density at radius 1 is 0.571 bits per heavy atom. The van der Waals surface area contributed by atoms with Crippen LogP contribution in [0.1, 0.15) is 29.5 Å². The topological polar surface area (TPSA) is 25.3 Å². The van der Waals surface area contributed by atoms with Gasteiger partial charge in [0.05, 0.1) is 33.4 Å². The predicted molar refractivity (Wildman–Crippen MR) is 197 cm³/mol. The summed E-state index contributed by atoms with van der Waals surface area (Å²) in [4.78, 5) is 0. The zero-order valence-electron chi connectivity index (χ0n) is 26.5. The van der Waals surface area contributed by atoms with E-state index in [2.05, 4.69) is 166 Å². The first-order chi connectivity index (χ1) is 24.3. The van der Waals surface area contributed by atoms with E-state index in [1.165, 1.54) is 77.1 Å². The standard InChI is InChI=1S/C45H29N3O/c1-2-12-28-27(11-1)29-16-10-23-46-22-7-5-17-37(46)35-25-34-31-15-9-14-30-32-20-21-41-42(33-13-3-4-19-40(33)49-41)45(32)48(44(30)31)39(34)26-36(35)43(29)47-24-8-6-18-38(28)47/h1-15,17-26,29,43H,16H2/q+2. The maximum absolute atomic E-state index is 6.45. The SMILES string of the molecule is C1=C[n+]2ccccc2-c2cc3c4cccc5c6ccc7oc8ccccc8c7c6n(c3cc2C2C(C1)c1ccccc1-c1cccc[n+]12)c45. The van der Waals surface area contributed by atoms with Gasteiger partial charge in [-0.1, -0.05) is 54.6 Å². The molecule has 2 aliphatic heterocycles. The molecule has 2 atom stereocenters. The van der Waals surface area contributed by atoms with Gasteiger partial charge in [0.1, 0.15) is 11.2 Å². The number of para-hydroxylation sites is 2. The maximum Gasteiger partial charge on any atom is 0.218 e. The average Bonchev–Trinajstić information content (AvgIpc) is 3.82. The Bertz CT molecular complexity index is 3050. The summed E-state index contributed by atoms with van der Waals surface area (Å²) in [7, 11) is 0. The molecule has 4 nitrogen and oxygen atoms in total. The molecule has 0 amide bonds. The third kappa shape index (κ3) is 3.24. The second kappa shape index (κ2) is 9.21. The molecule has 0 bridgehead atoms. The molecule has 0 N–H and O–H groups in total. The minimum absolute atomic E-state index is 0.0959. The van der Waals surface area contributed by atoms with E-state index in [4.69, 9.17) is 4.42 Å². The molecule has 5 aromatic carbocycles. The highest BCUT2D eigenvalue weighted by molar-refractivity contribution is 6.30. The van der Waals surface area contributed by atoms with Crippen LogP contribution in [0.2, 0.25) is 0 Å². The van der Waals surface area contributed by atoms with Crippen molar-refractivity contribution in [2.45, 2.75) is 18.4 Å². The van der Waals surface area contributed by atoms with Gasteiger partial charge in [0, 0.05) is 62.3 Å². The highest BCUT2D eigenvalue weighted by Crippen LogP contribution is 2.49. The van der Waals surface area contributed by atoms with E-state index in [0.29, 0.717) is 0 Å². The predicted octanol–water partition coefficient (Wildman–Crippen LogP) is 10.2. The second-order valence-corrected chi connectivity index (χ2v) is 13.7. The molecule has 0 radical (unpaired) electrons. The van der Waals surface area contributed by atoms with Gasteiger partial charge in [-0.15, -0.1) is 0 Å². The number of hydrogen-bond acceptors (Lipinski definition) is 1. The van der Waals surface area contributed by atoms with E-state index in [1.54, 1.807) is 0 Å². The third-order valence-electron chi connectivity index (χ3n) is 11.3. The Labute approximate surface area is 281 Å². The van der Waals surface area contributed by atoms with Crippen LogP contribution in [0.3, 0.4) is 0 Å². The van der Waals surface area contributed by atoms with E-state index in [9.17, 15) is 0 Å². The Kier molecular flexibility index (Phi) is 4.85. The molecule has 7 heterocycles. The van der Waals surface area contributed by atoms with Gasteiger partial charge in [-0.3, -0.25) is 0 Å². The van der Waals surface area contributed by atoms with Crippen LogP contribution in [0.25, 0.3) is 88.7 Å². The van der Waals surface area contributed by atoms with Crippen molar-refractivity contribution in [3.63, 3.8) is 0 Å². The van der Waals surface area contributed by atoms with Crippen LogP contribution < -0.4 is 9.13 Å². The van der Waals surface area contributed by atoms with Crippen molar-refractivity contribution in [3.8, 4) is 22.5 Å². The molecule has 2 aliphatic rings. The Morgan fingerprint density at radius 3 is 2.31 bits per heavy atom. The molecular weight excluding hydrogens is 599 g/mol. The lowest BCUT2D eigenvalue weighted by Gasteiger charge is -2.30. The highest BCUT2D eigenvalue weighted by atomic mass is 16.3. The van der Waals surface area contributed by atoms with Crippen molar-refractivity contribution in [2.75, 3.05) is 0 Å². The summed E-state index contributed by atoms with van der Waals surface area (Å²) in [6.07, 6.45) is 10.0. The van der Waals surface area contributed by atoms with Gasteiger partial charge in [0.15, 0.2) is 24.6 Å². The van der Waals surface area contributed by atoms with Crippen molar-refractivity contribution in [1.29, 1.82) is 0 Å². The maximum atomic E-state index is 6.45. The summed E-state index contributed by atoms with van der Waals surface area (Å²) in [5.41, 5.74) is 13.4. The summed E-state index contributed by atoms with van der Waals surface area (Å²) in [6, 6.07) is 47.0. The van der Waals surface area contributed by atoms with E-state index in [0.717, 1.165) is 23.0 Å². The van der Waals surface area contributed by atoms with Gasteiger partial charge < -0.3 is 8.82 Å². The van der Waals surface area contributed by atoms with Crippen LogP contribution in [0, 0.1) is 0 Å². The number of hydrogen-bond donors (Lipinski definition) is 0. The number of rotatable bonds is 0. The first-order valence-electron chi connectivity index (χ1n) is 17.2. The lowest BCUT2D eigenvalue weighted by atomic mass is 9.77. The van der Waals surface area contributed by atoms with Gasteiger partial charge in [0.25, 0.3) is 0 Å². The minimum atomic E-state index is 0.0959. The van der Waals surface area contributed by atoms with Crippen LogP contribution in [0.5, 0.6) is 0 Å². The number of benzene rings is 5. The minimum Gasteiger partial charge on any atom is -0.456 e. The van der Waals surface area contributed by atoms with Crippen molar-refractivity contribution < 1.29 is 13.6 Å². The molecule has 10 aromatic rings. The number of pyridine rings is 2. The van der Waals surface area contributed by atoms with Gasteiger partial charge in [0.2, 0.25) is 11.4 Å². The largest absolute Gasteiger partial charge is 0.456 e. The van der Waals surface area contributed by atoms with Gasteiger partial charge in [-0.25, -0.2) is 0 Å². The van der Waals surface area contributed by atoms with Crippen LogP contribution in [0.15, 0.2) is 150 Å². The number of nitrogens with zero attached hydrogens (tertiary/aromatic N) is 3. The fourth-order valence-electron chi connectivity index (χ4n) is 9.39. The monoisotopic (exact) mass is 627 g/mol. The van der Waals surface area contributed by atoms with Crippen molar-refractivity contribution in [1.82, 2.24) is 4.40 Å². The van der Waals surface area contributed by atoms with Crippen LogP contribution in [-0.4, -0.2) is 4.40 Å². The molecule has 49 heavy (non-hydrogen) atoms. The van der Waals surface area contributed by atoms with E-state index in [-0.39, 0.29) is 12.0 Å². The highest BCUT2D eigenvalue weighted by Gasteiger charge is 2.43. The first-order valence-corrected chi connectivity index (χ1v) is 17.2. The zero-order valence-corrected chi connectivity index (χ0v) is 26.5. The lowest BCUT2D eigenvalue weighted by molar-refractivity contribution is -0.708. The number of fused-ring (bicyclic) bond motifs is 20. The summed E-state index contributed by atoms with van der Waals surface area (Å²) in [5, 5.41) is 7.44. The molecule has 4 heteroatoms. The Morgan fingerprint density at radius 2 is 1.35 bits per heavy atom. The summed E-state index contributed by atoms with van der Waals surface area (Å²) < 4.78 is 13.8. The Hall–Kier alpha value is -6.26. The third-order valence-corrected chi connectivity index (χ3v) is 11.3. The summed E-state index contributed by atoms with van der Waals surface area (Å²) in [5.74, 6) is 0.258. The molecule has 228 valence electrons. The fourth-order valence-corrected chi connectivity index (χ4v) is 9.39. The zero-order chi connectivity index (χ0) is 31.8. The molecule has 0 aliphatic carbocycles. The van der Waals surface area contributed by atoms with Gasteiger partial charge >= 0.3 is 0 Å². The molecule has 2 unspecified atom stereocenters. The van der Waals surface area contributed by atoms with E-state index in [1.807, 2.05) is 0 Å². The van der Waals surface area contributed by atoms with Crippen molar-refractivity contribution in [2.24, 2.45) is 0 Å². The van der Waals surface area contributed by atoms with E-state index >= 15 is 0 Å². The van der Waals surface area contributed by atoms with Crippen molar-refractivity contribution >= 4 is 66.2 Å². The molecular formula is C45H29N3O+2. The fraction of sp³-hybridized carbons (Fsp3) is 0.0667. The van der Waals surface area contributed by atoms with Crippen LogP contribution >= 0.6 is 0 Å². The Balaban J connectivity index is 1.29. The van der Waals surface area contributed by atoms with Gasteiger partial charge in [-0.2, -0.15) is 9.13 Å². The number of furan rings is 1. The molecule has 0 saturated heterocycles. The molecule has 0 fully saturated rings. The summed E-state index contributed by atoms with van der Waals surface area (Å²) >= 11 is 0. The molecule has 12 rings (SSSR count). The smallest absolute Gasteiger partial charge is 0.218 e. The average molecular weight is 628 g/mol. The number of aromatic nitrogens is 3. The number of allylic oxidation sites excluding steroid dienone is 1. The van der Waals surface area contributed by atoms with Crippen molar-refractivity contribution in [3.05, 3.63) is 157 Å². The van der Waals surface area contributed by atoms with E-state index < -0.39 is 0 Å². The quantitative estimate of drug-likeness (QED) is 0.154. The molecule has 0 spiro atoms. The molecule has 0 saturated carbocycles. The normalized spacial score (nSPS) is 16.8. The van der Waals surface area contributed by atoms with Gasteiger partial charge in [-0.05, 0) is 66.6 Å². The second-order valence-electron chi connectivity index (χ2n) is 13.7. The lowest BCUT2D eigenvalue weighted by Crippen LogP contribution is -2.48. The van der Waals surface area contributed by atoms with Crippen LogP contribution in [-0.2, 0) is 0 Å². The van der Waals surface area contributed by atoms with Crippen LogP contribution in [0.4, 0.5) is 0 Å². The summed E-state index contributed by atoms with van der Waals surface area (Å²) in [6.45, 7) is 0. The first kappa shape index (κ1) is 25.8. The molecule has 5 aromatic heterocycles.